The van der Waals surface area contributed by atoms with Crippen LogP contribution >= 0.6 is 11.8 Å². The van der Waals surface area contributed by atoms with Crippen LogP contribution in [0, 0.1) is 6.92 Å². The molecule has 0 saturated carbocycles. The van der Waals surface area contributed by atoms with E-state index in [-0.39, 0.29) is 0 Å². The highest BCUT2D eigenvalue weighted by Gasteiger charge is 2.14. The Morgan fingerprint density at radius 1 is 1.77 bits per heavy atom. The molecule has 0 amide bonds. The van der Waals surface area contributed by atoms with E-state index in [1.807, 2.05) is 18.7 Å². The van der Waals surface area contributed by atoms with Gasteiger partial charge < -0.3 is 5.32 Å². The first-order chi connectivity index (χ1) is 6.34. The van der Waals surface area contributed by atoms with Gasteiger partial charge in [-0.3, -0.25) is 5.10 Å². The Kier molecular flexibility index (Phi) is 2.90. The molecule has 3 nitrogen and oxygen atoms in total. The summed E-state index contributed by atoms with van der Waals surface area (Å²) >= 11 is 2.03. The summed E-state index contributed by atoms with van der Waals surface area (Å²) in [5.41, 5.74) is 2.26. The van der Waals surface area contributed by atoms with Crippen LogP contribution in [0.3, 0.4) is 0 Å². The van der Waals surface area contributed by atoms with Gasteiger partial charge in [0.25, 0.3) is 0 Å². The first-order valence-electron chi connectivity index (χ1n) is 4.66. The third kappa shape index (κ3) is 2.48. The van der Waals surface area contributed by atoms with E-state index in [0.29, 0.717) is 6.04 Å². The minimum Gasteiger partial charge on any atom is -0.307 e. The minimum absolute atomic E-state index is 0.696. The van der Waals surface area contributed by atoms with Crippen LogP contribution in [0.4, 0.5) is 0 Å². The molecule has 0 aromatic carbocycles. The van der Waals surface area contributed by atoms with Crippen molar-refractivity contribution in [2.45, 2.75) is 25.9 Å². The molecule has 2 heterocycles. The van der Waals surface area contributed by atoms with Crippen LogP contribution in [-0.4, -0.2) is 27.7 Å². The van der Waals surface area contributed by atoms with E-state index in [1.165, 1.54) is 17.9 Å². The van der Waals surface area contributed by atoms with Gasteiger partial charge in [-0.2, -0.15) is 16.9 Å². The zero-order valence-electron chi connectivity index (χ0n) is 7.84. The number of hydrogen-bond donors (Lipinski definition) is 2. The maximum Gasteiger partial charge on any atom is 0.0762 e. The summed E-state index contributed by atoms with van der Waals surface area (Å²) in [5.74, 6) is 2.56. The lowest BCUT2D eigenvalue weighted by Gasteiger charge is -2.08. The van der Waals surface area contributed by atoms with E-state index in [0.717, 1.165) is 17.9 Å². The largest absolute Gasteiger partial charge is 0.307 e. The number of hydrogen-bond acceptors (Lipinski definition) is 3. The van der Waals surface area contributed by atoms with Crippen LogP contribution < -0.4 is 5.32 Å². The quantitative estimate of drug-likeness (QED) is 0.767. The zero-order chi connectivity index (χ0) is 9.10. The number of thioether (sulfide) groups is 1. The standard InChI is InChI=1S/C9H15N3S/c1-7-4-9(12-11-7)5-10-8-2-3-13-6-8/h4,8,10H,2-3,5-6H2,1H3,(H,11,12). The molecule has 1 aromatic rings. The highest BCUT2D eigenvalue weighted by molar-refractivity contribution is 7.99. The van der Waals surface area contributed by atoms with Crippen molar-refractivity contribution in [3.8, 4) is 0 Å². The molecular weight excluding hydrogens is 182 g/mol. The monoisotopic (exact) mass is 197 g/mol. The second-order valence-electron chi connectivity index (χ2n) is 3.48. The highest BCUT2D eigenvalue weighted by atomic mass is 32.2. The fourth-order valence-electron chi connectivity index (χ4n) is 1.51. The molecule has 2 rings (SSSR count). The summed E-state index contributed by atoms with van der Waals surface area (Å²) in [5, 5.41) is 10.6. The van der Waals surface area contributed by atoms with Gasteiger partial charge in [-0.1, -0.05) is 0 Å². The highest BCUT2D eigenvalue weighted by Crippen LogP contribution is 2.17. The normalized spacial score (nSPS) is 22.4. The number of nitrogens with zero attached hydrogens (tertiary/aromatic N) is 1. The average Bonchev–Trinajstić information content (AvgIpc) is 2.71. The Bertz CT molecular complexity index is 266. The molecule has 1 atom stereocenters. The third-order valence-corrected chi connectivity index (χ3v) is 3.42. The van der Waals surface area contributed by atoms with Gasteiger partial charge >= 0.3 is 0 Å². The first-order valence-corrected chi connectivity index (χ1v) is 5.82. The number of rotatable bonds is 3. The summed E-state index contributed by atoms with van der Waals surface area (Å²) in [4.78, 5) is 0. The summed E-state index contributed by atoms with van der Waals surface area (Å²) in [6, 6.07) is 2.79. The number of nitrogens with one attached hydrogen (secondary N) is 2. The van der Waals surface area contributed by atoms with Crippen LogP contribution in [0.2, 0.25) is 0 Å². The smallest absolute Gasteiger partial charge is 0.0762 e. The molecule has 0 spiro atoms. The van der Waals surface area contributed by atoms with Crippen LogP contribution in [0.15, 0.2) is 6.07 Å². The molecule has 72 valence electrons. The molecule has 13 heavy (non-hydrogen) atoms. The van der Waals surface area contributed by atoms with Gasteiger partial charge in [0.15, 0.2) is 0 Å². The van der Waals surface area contributed by atoms with Crippen LogP contribution in [0.5, 0.6) is 0 Å². The third-order valence-electron chi connectivity index (χ3n) is 2.26. The van der Waals surface area contributed by atoms with Gasteiger partial charge in [0.1, 0.15) is 0 Å². The van der Waals surface area contributed by atoms with Gasteiger partial charge in [0.2, 0.25) is 0 Å². The van der Waals surface area contributed by atoms with Gasteiger partial charge in [-0.25, -0.2) is 0 Å². The average molecular weight is 197 g/mol. The molecule has 2 N–H and O–H groups in total. The number of H-pyrrole nitrogens is 1. The lowest BCUT2D eigenvalue weighted by Crippen LogP contribution is -2.28. The van der Waals surface area contributed by atoms with Crippen molar-refractivity contribution in [3.63, 3.8) is 0 Å². The van der Waals surface area contributed by atoms with Crippen molar-refractivity contribution in [2.24, 2.45) is 0 Å². The molecule has 1 aromatic heterocycles. The van der Waals surface area contributed by atoms with Crippen molar-refractivity contribution in [1.29, 1.82) is 0 Å². The molecule has 0 bridgehead atoms. The predicted octanol–water partition coefficient (Wildman–Crippen LogP) is 1.31. The molecule has 0 aliphatic carbocycles. The molecule has 1 aliphatic heterocycles. The summed E-state index contributed by atoms with van der Waals surface area (Å²) in [7, 11) is 0. The van der Waals surface area contributed by atoms with Crippen LogP contribution in [0.25, 0.3) is 0 Å². The Morgan fingerprint density at radius 2 is 2.69 bits per heavy atom. The van der Waals surface area contributed by atoms with Gasteiger partial charge in [-0.15, -0.1) is 0 Å². The van der Waals surface area contributed by atoms with Crippen molar-refractivity contribution >= 4 is 11.8 Å². The molecular formula is C9H15N3S. The maximum absolute atomic E-state index is 4.18. The molecule has 4 heteroatoms. The van der Waals surface area contributed by atoms with Crippen molar-refractivity contribution in [3.05, 3.63) is 17.5 Å². The van der Waals surface area contributed by atoms with Crippen LogP contribution in [0.1, 0.15) is 17.8 Å². The van der Waals surface area contributed by atoms with E-state index in [4.69, 9.17) is 0 Å². The second kappa shape index (κ2) is 4.15. The van der Waals surface area contributed by atoms with Gasteiger partial charge in [0, 0.05) is 24.0 Å². The molecule has 1 aliphatic rings. The van der Waals surface area contributed by atoms with Gasteiger partial charge in [0.05, 0.1) is 5.69 Å². The number of aryl methyl sites for hydroxylation is 1. The Morgan fingerprint density at radius 3 is 3.31 bits per heavy atom. The van der Waals surface area contributed by atoms with Gasteiger partial charge in [-0.05, 0) is 25.2 Å². The Labute approximate surface area is 82.7 Å². The van der Waals surface area contributed by atoms with E-state index >= 15 is 0 Å². The van der Waals surface area contributed by atoms with E-state index in [2.05, 4.69) is 21.6 Å². The molecule has 1 saturated heterocycles. The van der Waals surface area contributed by atoms with E-state index in [9.17, 15) is 0 Å². The SMILES string of the molecule is Cc1cc(CNC2CCSC2)n[nH]1. The molecule has 0 radical (unpaired) electrons. The first kappa shape index (κ1) is 9.09. The van der Waals surface area contributed by atoms with Crippen molar-refractivity contribution < 1.29 is 0 Å². The fraction of sp³-hybridized carbons (Fsp3) is 0.667. The summed E-state index contributed by atoms with van der Waals surface area (Å²) < 4.78 is 0. The molecule has 1 unspecified atom stereocenters. The Balaban J connectivity index is 1.78. The lowest BCUT2D eigenvalue weighted by molar-refractivity contribution is 0.551. The zero-order valence-corrected chi connectivity index (χ0v) is 8.66. The maximum atomic E-state index is 4.18. The minimum atomic E-state index is 0.696. The fourth-order valence-corrected chi connectivity index (χ4v) is 2.70. The summed E-state index contributed by atoms with van der Waals surface area (Å²) in [6.07, 6.45) is 1.30. The van der Waals surface area contributed by atoms with E-state index < -0.39 is 0 Å². The number of aromatic nitrogens is 2. The number of aromatic amines is 1. The Hall–Kier alpha value is -0.480. The predicted molar refractivity (Wildman–Crippen MR) is 55.9 cm³/mol. The van der Waals surface area contributed by atoms with Crippen molar-refractivity contribution in [1.82, 2.24) is 15.5 Å². The van der Waals surface area contributed by atoms with Crippen LogP contribution in [-0.2, 0) is 6.54 Å². The lowest BCUT2D eigenvalue weighted by atomic mass is 10.2. The van der Waals surface area contributed by atoms with Crippen molar-refractivity contribution in [2.75, 3.05) is 11.5 Å². The topological polar surface area (TPSA) is 40.7 Å². The molecule has 1 fully saturated rings. The van der Waals surface area contributed by atoms with E-state index in [1.54, 1.807) is 0 Å². The summed E-state index contributed by atoms with van der Waals surface area (Å²) in [6.45, 7) is 2.93. The second-order valence-corrected chi connectivity index (χ2v) is 4.63.